The molecule has 0 radical (unpaired) electrons. The first-order valence-corrected chi connectivity index (χ1v) is 9.49. The number of anilines is 1. The first-order chi connectivity index (χ1) is 13.4. The Morgan fingerprint density at radius 1 is 0.929 bits per heavy atom. The molecule has 146 valence electrons. The Hall–Kier alpha value is -2.35. The maximum absolute atomic E-state index is 12.8. The van der Waals surface area contributed by atoms with E-state index in [4.69, 9.17) is 37.4 Å². The summed E-state index contributed by atoms with van der Waals surface area (Å²) in [5, 5.41) is 0.166. The zero-order chi connectivity index (χ0) is 20.4. The molecular weight excluding hydrogens is 425 g/mol. The van der Waals surface area contributed by atoms with Gasteiger partial charge in [0.05, 0.1) is 42.0 Å². The van der Waals surface area contributed by atoms with Crippen molar-refractivity contribution in [2.45, 2.75) is 0 Å². The second-order valence-electron chi connectivity index (χ2n) is 5.57. The van der Waals surface area contributed by atoms with Crippen LogP contribution in [0.4, 0.5) is 10.5 Å². The molecule has 3 rings (SSSR count). The van der Waals surface area contributed by atoms with Gasteiger partial charge in [-0.15, -0.1) is 0 Å². The molecule has 0 aromatic heterocycles. The molecule has 0 N–H and O–H groups in total. The monoisotopic (exact) mass is 439 g/mol. The van der Waals surface area contributed by atoms with E-state index in [1.807, 2.05) is 0 Å². The fourth-order valence-electron chi connectivity index (χ4n) is 2.65. The van der Waals surface area contributed by atoms with Gasteiger partial charge in [0, 0.05) is 0 Å². The van der Waals surface area contributed by atoms with E-state index in [0.29, 0.717) is 33.5 Å². The highest BCUT2D eigenvalue weighted by Gasteiger charge is 2.36. The molecule has 9 heteroatoms. The minimum Gasteiger partial charge on any atom is -0.493 e. The molecule has 2 amide bonds. The van der Waals surface area contributed by atoms with Crippen molar-refractivity contribution in [2.75, 3.05) is 26.2 Å². The minimum absolute atomic E-state index is 0.255. The highest BCUT2D eigenvalue weighted by atomic mass is 35.5. The molecule has 1 aliphatic rings. The Morgan fingerprint density at radius 3 is 2.11 bits per heavy atom. The number of hydrogen-bond donors (Lipinski definition) is 0. The molecule has 2 aromatic rings. The maximum Gasteiger partial charge on any atom is 0.298 e. The van der Waals surface area contributed by atoms with Crippen molar-refractivity contribution < 1.29 is 23.8 Å². The summed E-state index contributed by atoms with van der Waals surface area (Å²) in [5.41, 5.74) is 0.972. The molecule has 0 saturated carbocycles. The molecule has 1 fully saturated rings. The molecule has 0 unspecified atom stereocenters. The van der Waals surface area contributed by atoms with Gasteiger partial charge in [-0.1, -0.05) is 23.2 Å². The van der Waals surface area contributed by atoms with Gasteiger partial charge < -0.3 is 14.2 Å². The topological polar surface area (TPSA) is 65.1 Å². The van der Waals surface area contributed by atoms with Gasteiger partial charge in [0.15, 0.2) is 11.5 Å². The molecule has 6 nitrogen and oxygen atoms in total. The molecular formula is C19H15Cl2NO5S. The number of benzene rings is 2. The van der Waals surface area contributed by atoms with Crippen LogP contribution >= 0.6 is 35.0 Å². The van der Waals surface area contributed by atoms with Gasteiger partial charge in [-0.2, -0.15) is 0 Å². The summed E-state index contributed by atoms with van der Waals surface area (Å²) in [6.07, 6.45) is 1.59. The van der Waals surface area contributed by atoms with Gasteiger partial charge in [0.25, 0.3) is 11.1 Å². The Kier molecular flexibility index (Phi) is 6.07. The number of hydrogen-bond acceptors (Lipinski definition) is 6. The lowest BCUT2D eigenvalue weighted by Gasteiger charge is -2.13. The smallest absolute Gasteiger partial charge is 0.298 e. The molecule has 0 bridgehead atoms. The van der Waals surface area contributed by atoms with Crippen LogP contribution in [0.5, 0.6) is 17.2 Å². The number of carbonyl (C=O) groups is 2. The van der Waals surface area contributed by atoms with Crippen LogP contribution < -0.4 is 19.1 Å². The standard InChI is InChI=1S/C19H15Cl2NO5S/c1-25-14-6-10(7-15(26-2)17(14)27-3)8-16-18(23)22(19(24)28-16)11-4-5-12(20)13(21)9-11/h4-9H,1-3H3/b16-8-. The Labute approximate surface area is 176 Å². The first kappa shape index (κ1) is 20.4. The van der Waals surface area contributed by atoms with Crippen LogP contribution in [0, 0.1) is 0 Å². The van der Waals surface area contributed by atoms with E-state index in [0.717, 1.165) is 16.7 Å². The van der Waals surface area contributed by atoms with E-state index in [9.17, 15) is 9.59 Å². The average molecular weight is 440 g/mol. The van der Waals surface area contributed by atoms with E-state index in [1.54, 1.807) is 24.3 Å². The third-order valence-corrected chi connectivity index (χ3v) is 5.55. The zero-order valence-electron chi connectivity index (χ0n) is 15.1. The van der Waals surface area contributed by atoms with Crippen LogP contribution in [0.25, 0.3) is 6.08 Å². The number of rotatable bonds is 5. The van der Waals surface area contributed by atoms with Crippen LogP contribution in [0.2, 0.25) is 10.0 Å². The summed E-state index contributed by atoms with van der Waals surface area (Å²) in [4.78, 5) is 26.5. The number of imide groups is 1. The second kappa shape index (κ2) is 8.34. The lowest BCUT2D eigenvalue weighted by atomic mass is 10.1. The van der Waals surface area contributed by atoms with Crippen molar-refractivity contribution >= 4 is 57.9 Å². The number of amides is 2. The molecule has 1 saturated heterocycles. The SMILES string of the molecule is COc1cc(/C=C2\SC(=O)N(c3ccc(Cl)c(Cl)c3)C2=O)cc(OC)c1OC. The third-order valence-electron chi connectivity index (χ3n) is 3.94. The van der Waals surface area contributed by atoms with Crippen LogP contribution in [-0.2, 0) is 4.79 Å². The van der Waals surface area contributed by atoms with Crippen molar-refractivity contribution in [3.8, 4) is 17.2 Å². The summed E-state index contributed by atoms with van der Waals surface area (Å²) in [6.45, 7) is 0. The molecule has 28 heavy (non-hydrogen) atoms. The van der Waals surface area contributed by atoms with Gasteiger partial charge in [0.1, 0.15) is 0 Å². The number of ether oxygens (including phenoxy) is 3. The fraction of sp³-hybridized carbons (Fsp3) is 0.158. The molecule has 1 aliphatic heterocycles. The van der Waals surface area contributed by atoms with Crippen LogP contribution in [0.15, 0.2) is 35.2 Å². The Morgan fingerprint density at radius 2 is 1.57 bits per heavy atom. The van der Waals surface area contributed by atoms with Crippen molar-refractivity contribution in [3.63, 3.8) is 0 Å². The second-order valence-corrected chi connectivity index (χ2v) is 7.38. The van der Waals surface area contributed by atoms with Crippen LogP contribution in [-0.4, -0.2) is 32.5 Å². The predicted octanol–water partition coefficient (Wildman–Crippen LogP) is 5.26. The van der Waals surface area contributed by atoms with Crippen molar-refractivity contribution in [3.05, 3.63) is 50.8 Å². The summed E-state index contributed by atoms with van der Waals surface area (Å²) < 4.78 is 15.9. The average Bonchev–Trinajstić information content (AvgIpc) is 2.96. The van der Waals surface area contributed by atoms with Gasteiger partial charge in [-0.05, 0) is 53.7 Å². The van der Waals surface area contributed by atoms with Gasteiger partial charge >= 0.3 is 0 Å². The lowest BCUT2D eigenvalue weighted by Crippen LogP contribution is -2.27. The van der Waals surface area contributed by atoms with Gasteiger partial charge in [0.2, 0.25) is 5.75 Å². The van der Waals surface area contributed by atoms with E-state index < -0.39 is 11.1 Å². The summed E-state index contributed by atoms with van der Waals surface area (Å²) in [5.74, 6) is 0.863. The van der Waals surface area contributed by atoms with E-state index in [2.05, 4.69) is 0 Å². The summed E-state index contributed by atoms with van der Waals surface area (Å²) >= 11 is 12.7. The molecule has 0 spiro atoms. The lowest BCUT2D eigenvalue weighted by molar-refractivity contribution is -0.113. The van der Waals surface area contributed by atoms with Crippen LogP contribution in [0.3, 0.4) is 0 Å². The predicted molar refractivity (Wildman–Crippen MR) is 111 cm³/mol. The van der Waals surface area contributed by atoms with Crippen molar-refractivity contribution in [1.82, 2.24) is 0 Å². The van der Waals surface area contributed by atoms with Crippen molar-refractivity contribution in [1.29, 1.82) is 0 Å². The van der Waals surface area contributed by atoms with E-state index >= 15 is 0 Å². The third kappa shape index (κ3) is 3.78. The minimum atomic E-state index is -0.456. The Bertz CT molecular complexity index is 967. The number of carbonyl (C=O) groups excluding carboxylic acids is 2. The van der Waals surface area contributed by atoms with Gasteiger partial charge in [-0.25, -0.2) is 4.90 Å². The number of nitrogens with zero attached hydrogens (tertiary/aromatic N) is 1. The van der Waals surface area contributed by atoms with Crippen molar-refractivity contribution in [2.24, 2.45) is 0 Å². The first-order valence-electron chi connectivity index (χ1n) is 7.92. The molecule has 0 atom stereocenters. The zero-order valence-corrected chi connectivity index (χ0v) is 17.4. The largest absolute Gasteiger partial charge is 0.493 e. The Balaban J connectivity index is 1.99. The summed E-state index contributed by atoms with van der Waals surface area (Å²) in [6, 6.07) is 7.95. The normalized spacial score (nSPS) is 15.3. The quantitative estimate of drug-likeness (QED) is 0.591. The number of thioether (sulfide) groups is 1. The van der Waals surface area contributed by atoms with E-state index in [-0.39, 0.29) is 9.93 Å². The van der Waals surface area contributed by atoms with Gasteiger partial charge in [-0.3, -0.25) is 9.59 Å². The highest BCUT2D eigenvalue weighted by Crippen LogP contribution is 2.41. The van der Waals surface area contributed by atoms with Crippen LogP contribution in [0.1, 0.15) is 5.56 Å². The molecule has 2 aromatic carbocycles. The number of methoxy groups -OCH3 is 3. The number of halogens is 2. The fourth-order valence-corrected chi connectivity index (χ4v) is 3.78. The summed E-state index contributed by atoms with van der Waals surface area (Å²) in [7, 11) is 4.50. The maximum atomic E-state index is 12.8. The molecule has 0 aliphatic carbocycles. The highest BCUT2D eigenvalue weighted by molar-refractivity contribution is 8.19. The molecule has 1 heterocycles. The van der Waals surface area contributed by atoms with E-state index in [1.165, 1.54) is 33.5 Å².